The second-order valence-electron chi connectivity index (χ2n) is 4.15. The van der Waals surface area contributed by atoms with Gasteiger partial charge < -0.3 is 9.47 Å². The fourth-order valence-electron chi connectivity index (χ4n) is 1.71. The second kappa shape index (κ2) is 6.21. The van der Waals surface area contributed by atoms with E-state index in [0.29, 0.717) is 11.8 Å². The Morgan fingerprint density at radius 2 is 1.65 bits per heavy atom. The van der Waals surface area contributed by atoms with Gasteiger partial charge in [0.15, 0.2) is 0 Å². The van der Waals surface area contributed by atoms with Crippen molar-refractivity contribution >= 4 is 11.3 Å². The lowest BCUT2D eigenvalue weighted by Gasteiger charge is -2.07. The molecule has 4 heteroatoms. The Morgan fingerprint density at radius 1 is 0.900 bits per heavy atom. The van der Waals surface area contributed by atoms with Crippen LogP contribution in [0.4, 0.5) is 0 Å². The minimum Gasteiger partial charge on any atom is -0.489 e. The van der Waals surface area contributed by atoms with E-state index >= 15 is 0 Å². The smallest absolute Gasteiger partial charge is 0.278 e. The summed E-state index contributed by atoms with van der Waals surface area (Å²) < 4.78 is 11.3. The van der Waals surface area contributed by atoms with Crippen LogP contribution in [-0.4, -0.2) is 4.98 Å². The van der Waals surface area contributed by atoms with Crippen molar-refractivity contribution in [3.8, 4) is 16.7 Å². The lowest BCUT2D eigenvalue weighted by atomic mass is 10.2. The fourth-order valence-corrected chi connectivity index (χ4v) is 2.21. The number of hydrogen-bond acceptors (Lipinski definition) is 4. The van der Waals surface area contributed by atoms with Gasteiger partial charge in [-0.05, 0) is 29.8 Å². The highest BCUT2D eigenvalue weighted by Crippen LogP contribution is 2.25. The summed E-state index contributed by atoms with van der Waals surface area (Å²) in [5.41, 5.74) is 1.15. The molecule has 0 fully saturated rings. The summed E-state index contributed by atoms with van der Waals surface area (Å²) in [7, 11) is 0. The molecule has 0 saturated carbocycles. The molecule has 0 spiro atoms. The van der Waals surface area contributed by atoms with Crippen molar-refractivity contribution in [2.75, 3.05) is 0 Å². The van der Waals surface area contributed by atoms with Gasteiger partial charge >= 0.3 is 0 Å². The van der Waals surface area contributed by atoms with E-state index < -0.39 is 0 Å². The van der Waals surface area contributed by atoms with Crippen LogP contribution < -0.4 is 9.47 Å². The van der Waals surface area contributed by atoms with E-state index in [0.717, 1.165) is 17.1 Å². The molecule has 0 atom stereocenters. The standard InChI is InChI=1S/C16H13NO2S/c1-2-4-13(5-3-1)12-18-14-6-8-15(9-7-14)19-16-17-10-11-20-16/h1-11H,12H2. The first kappa shape index (κ1) is 12.7. The first-order chi connectivity index (χ1) is 9.90. The van der Waals surface area contributed by atoms with E-state index in [-0.39, 0.29) is 0 Å². The van der Waals surface area contributed by atoms with Gasteiger partial charge in [-0.3, -0.25) is 0 Å². The summed E-state index contributed by atoms with van der Waals surface area (Å²) in [6.45, 7) is 0.563. The number of hydrogen-bond donors (Lipinski definition) is 0. The normalized spacial score (nSPS) is 10.2. The number of thiazole rings is 1. The van der Waals surface area contributed by atoms with Gasteiger partial charge in [0.2, 0.25) is 0 Å². The molecule has 3 nitrogen and oxygen atoms in total. The van der Waals surface area contributed by atoms with Crippen LogP contribution in [0, 0.1) is 0 Å². The third-order valence-corrected chi connectivity index (χ3v) is 3.34. The summed E-state index contributed by atoms with van der Waals surface area (Å²) in [6.07, 6.45) is 1.72. The number of aromatic nitrogens is 1. The maximum Gasteiger partial charge on any atom is 0.278 e. The van der Waals surface area contributed by atoms with Crippen LogP contribution >= 0.6 is 11.3 Å². The molecular weight excluding hydrogens is 270 g/mol. The van der Waals surface area contributed by atoms with Gasteiger partial charge in [0.1, 0.15) is 18.1 Å². The van der Waals surface area contributed by atoms with E-state index in [2.05, 4.69) is 4.98 Å². The SMILES string of the molecule is c1ccc(COc2ccc(Oc3nccs3)cc2)cc1. The van der Waals surface area contributed by atoms with E-state index in [1.807, 2.05) is 60.0 Å². The maximum absolute atomic E-state index is 5.71. The minimum absolute atomic E-state index is 0.563. The molecule has 0 bridgehead atoms. The van der Waals surface area contributed by atoms with Crippen LogP contribution in [0.15, 0.2) is 66.2 Å². The maximum atomic E-state index is 5.71. The van der Waals surface area contributed by atoms with E-state index in [1.165, 1.54) is 11.3 Å². The van der Waals surface area contributed by atoms with E-state index in [1.54, 1.807) is 6.20 Å². The molecule has 0 radical (unpaired) electrons. The Balaban J connectivity index is 1.59. The topological polar surface area (TPSA) is 31.4 Å². The quantitative estimate of drug-likeness (QED) is 0.690. The zero-order chi connectivity index (χ0) is 13.6. The Labute approximate surface area is 121 Å². The van der Waals surface area contributed by atoms with Crippen LogP contribution in [0.3, 0.4) is 0 Å². The first-order valence-electron chi connectivity index (χ1n) is 6.24. The van der Waals surface area contributed by atoms with E-state index in [9.17, 15) is 0 Å². The zero-order valence-electron chi connectivity index (χ0n) is 10.7. The fraction of sp³-hybridized carbons (Fsp3) is 0.0625. The Bertz CT molecular complexity index is 636. The molecule has 0 aliphatic carbocycles. The molecule has 20 heavy (non-hydrogen) atoms. The summed E-state index contributed by atoms with van der Waals surface area (Å²) in [4.78, 5) is 4.07. The second-order valence-corrected chi connectivity index (χ2v) is 5.00. The first-order valence-corrected chi connectivity index (χ1v) is 7.12. The van der Waals surface area contributed by atoms with Crippen LogP contribution in [0.2, 0.25) is 0 Å². The van der Waals surface area contributed by atoms with Crippen LogP contribution in [0.5, 0.6) is 16.7 Å². The Morgan fingerprint density at radius 3 is 2.35 bits per heavy atom. The molecule has 3 rings (SSSR count). The lowest BCUT2D eigenvalue weighted by Crippen LogP contribution is -1.94. The van der Waals surface area contributed by atoms with E-state index in [4.69, 9.17) is 9.47 Å². The van der Waals surface area contributed by atoms with Crippen molar-refractivity contribution < 1.29 is 9.47 Å². The molecule has 0 amide bonds. The molecule has 1 aromatic heterocycles. The van der Waals surface area contributed by atoms with Crippen molar-refractivity contribution in [3.05, 3.63) is 71.7 Å². The molecule has 3 aromatic rings. The van der Waals surface area contributed by atoms with Gasteiger partial charge in [-0.25, -0.2) is 4.98 Å². The molecule has 100 valence electrons. The highest BCUT2D eigenvalue weighted by atomic mass is 32.1. The van der Waals surface area contributed by atoms with Crippen molar-refractivity contribution in [1.82, 2.24) is 4.98 Å². The van der Waals surface area contributed by atoms with Gasteiger partial charge in [-0.2, -0.15) is 0 Å². The summed E-state index contributed by atoms with van der Waals surface area (Å²) in [6, 6.07) is 17.6. The molecule has 1 heterocycles. The van der Waals surface area contributed by atoms with Crippen molar-refractivity contribution in [1.29, 1.82) is 0 Å². The highest BCUT2D eigenvalue weighted by Gasteiger charge is 2.00. The molecular formula is C16H13NO2S. The monoisotopic (exact) mass is 283 g/mol. The Kier molecular flexibility index (Phi) is 3.94. The highest BCUT2D eigenvalue weighted by molar-refractivity contribution is 7.11. The Hall–Kier alpha value is -2.33. The molecule has 0 aliphatic rings. The summed E-state index contributed by atoms with van der Waals surface area (Å²) in [5.74, 6) is 1.58. The molecule has 0 saturated heterocycles. The average Bonchev–Trinajstić information content (AvgIpc) is 3.01. The average molecular weight is 283 g/mol. The predicted octanol–water partition coefficient (Wildman–Crippen LogP) is 4.51. The predicted molar refractivity (Wildman–Crippen MR) is 79.4 cm³/mol. The third-order valence-electron chi connectivity index (χ3n) is 2.69. The van der Waals surface area contributed by atoms with Crippen molar-refractivity contribution in [2.24, 2.45) is 0 Å². The number of nitrogens with zero attached hydrogens (tertiary/aromatic N) is 1. The third kappa shape index (κ3) is 3.36. The van der Waals surface area contributed by atoms with Crippen molar-refractivity contribution in [3.63, 3.8) is 0 Å². The zero-order valence-corrected chi connectivity index (χ0v) is 11.5. The molecule has 0 N–H and O–H groups in total. The van der Waals surface area contributed by atoms with Gasteiger partial charge in [0, 0.05) is 11.6 Å². The summed E-state index contributed by atoms with van der Waals surface area (Å²) >= 11 is 1.46. The number of benzene rings is 2. The van der Waals surface area contributed by atoms with Crippen LogP contribution in [0.1, 0.15) is 5.56 Å². The van der Waals surface area contributed by atoms with Crippen LogP contribution in [-0.2, 0) is 6.61 Å². The number of rotatable bonds is 5. The minimum atomic E-state index is 0.563. The molecule has 0 aliphatic heterocycles. The summed E-state index contributed by atoms with van der Waals surface area (Å²) in [5, 5.41) is 2.52. The lowest BCUT2D eigenvalue weighted by molar-refractivity contribution is 0.306. The van der Waals surface area contributed by atoms with Gasteiger partial charge in [-0.15, -0.1) is 0 Å². The van der Waals surface area contributed by atoms with Crippen molar-refractivity contribution in [2.45, 2.75) is 6.61 Å². The number of ether oxygens (including phenoxy) is 2. The van der Waals surface area contributed by atoms with Gasteiger partial charge in [0.25, 0.3) is 5.19 Å². The van der Waals surface area contributed by atoms with Gasteiger partial charge in [0.05, 0.1) is 0 Å². The largest absolute Gasteiger partial charge is 0.489 e. The van der Waals surface area contributed by atoms with Gasteiger partial charge in [-0.1, -0.05) is 41.7 Å². The van der Waals surface area contributed by atoms with Crippen LogP contribution in [0.25, 0.3) is 0 Å². The molecule has 2 aromatic carbocycles. The molecule has 0 unspecified atom stereocenters.